The van der Waals surface area contributed by atoms with E-state index >= 15 is 0 Å². The van der Waals surface area contributed by atoms with Gasteiger partial charge >= 0.3 is 6.18 Å². The van der Waals surface area contributed by atoms with Crippen molar-refractivity contribution in [1.29, 1.82) is 5.26 Å². The predicted octanol–water partition coefficient (Wildman–Crippen LogP) is 6.53. The highest BCUT2D eigenvalue weighted by Gasteiger charge is 2.51. The fourth-order valence-corrected chi connectivity index (χ4v) is 4.01. The second-order valence-electron chi connectivity index (χ2n) is 8.72. The van der Waals surface area contributed by atoms with Crippen LogP contribution in [-0.4, -0.2) is 35.2 Å². The number of carbonyl (C=O) groups is 1. The number of hydrogen-bond donors (Lipinski definition) is 1. The first-order valence-electron chi connectivity index (χ1n) is 11.3. The van der Waals surface area contributed by atoms with Gasteiger partial charge in [-0.15, -0.1) is 0 Å². The maximum absolute atomic E-state index is 13.0. The molecule has 1 unspecified atom stereocenters. The third-order valence-corrected chi connectivity index (χ3v) is 6.37. The third-order valence-electron chi connectivity index (χ3n) is 6.37. The zero-order chi connectivity index (χ0) is 25.3. The van der Waals surface area contributed by atoms with Crippen molar-refractivity contribution in [2.24, 2.45) is 5.41 Å². The maximum atomic E-state index is 13.0. The summed E-state index contributed by atoms with van der Waals surface area (Å²) in [5, 5.41) is 16.3. The summed E-state index contributed by atoms with van der Waals surface area (Å²) in [5.74, 6) is -0.188. The lowest BCUT2D eigenvalue weighted by atomic mass is 9.72. The molecule has 1 amide bonds. The second kappa shape index (κ2) is 12.0. The van der Waals surface area contributed by atoms with Crippen LogP contribution in [0.2, 0.25) is 0 Å². The molecule has 0 bridgehead atoms. The molecule has 0 spiro atoms. The molecule has 182 valence electrons. The number of alkyl halides is 3. The molecule has 0 aromatic heterocycles. The van der Waals surface area contributed by atoms with E-state index < -0.39 is 11.8 Å². The molecular weight excluding hydrogens is 429 g/mol. The van der Waals surface area contributed by atoms with Crippen molar-refractivity contribution in [2.75, 3.05) is 13.1 Å². The summed E-state index contributed by atoms with van der Waals surface area (Å²) < 4.78 is 39.1. The average Bonchev–Trinajstić information content (AvgIpc) is 2.79. The van der Waals surface area contributed by atoms with Gasteiger partial charge in [-0.1, -0.05) is 56.7 Å². The van der Waals surface area contributed by atoms with Gasteiger partial charge in [-0.25, -0.2) is 5.26 Å². The lowest BCUT2D eigenvalue weighted by Crippen LogP contribution is -2.43. The maximum Gasteiger partial charge on any atom is 0.421 e. The van der Waals surface area contributed by atoms with Crippen LogP contribution in [-0.2, 0) is 5.60 Å². The van der Waals surface area contributed by atoms with E-state index in [0.29, 0.717) is 25.6 Å². The summed E-state index contributed by atoms with van der Waals surface area (Å²) >= 11 is 0. The minimum absolute atomic E-state index is 0.0418. The van der Waals surface area contributed by atoms with Crippen molar-refractivity contribution < 1.29 is 23.1 Å². The fourth-order valence-electron chi connectivity index (χ4n) is 4.01. The first kappa shape index (κ1) is 28.4. The topological polar surface area (TPSA) is 64.3 Å². The number of aliphatic hydroxyl groups is 1. The van der Waals surface area contributed by atoms with Gasteiger partial charge in [0.15, 0.2) is 5.60 Å². The van der Waals surface area contributed by atoms with E-state index in [1.807, 2.05) is 0 Å². The van der Waals surface area contributed by atoms with Crippen molar-refractivity contribution >= 4 is 5.91 Å². The number of likely N-dealkylation sites (tertiary alicyclic amines) is 1. The normalized spacial score (nSPS) is 18.4. The Balaban J connectivity index is 0.00000265. The standard InChI is InChI=1S/C25H34F3NO2.CHN/c1-5-7-8-10-20(9-6-2)23(3)15-17-29(18-16-23)22(30)19-11-13-21(14-12-19)24(4,31)25(26,27)28;1-2/h7-9,11-14,31H,5-6,10,15-18H2,1-4H3;1H/b8-7-,20-9+;. The molecule has 1 heterocycles. The minimum atomic E-state index is -4.79. The molecule has 33 heavy (non-hydrogen) atoms. The van der Waals surface area contributed by atoms with Crippen molar-refractivity contribution in [3.05, 3.63) is 59.2 Å². The summed E-state index contributed by atoms with van der Waals surface area (Å²) in [6.07, 6.45) is 6.50. The Labute approximate surface area is 195 Å². The Hall–Kier alpha value is -2.59. The van der Waals surface area contributed by atoms with E-state index in [2.05, 4.69) is 45.6 Å². The number of nitriles is 1. The number of piperidine rings is 1. The van der Waals surface area contributed by atoms with E-state index in [0.717, 1.165) is 32.1 Å². The Morgan fingerprint density at radius 1 is 1.12 bits per heavy atom. The molecular formula is C26H35F3N2O2. The number of halogens is 3. The summed E-state index contributed by atoms with van der Waals surface area (Å²) in [5.41, 5.74) is -1.45. The van der Waals surface area contributed by atoms with Gasteiger partial charge in [0.25, 0.3) is 5.91 Å². The number of allylic oxidation sites excluding steroid dienone is 4. The number of carbonyl (C=O) groups excluding carboxylic acids is 1. The van der Waals surface area contributed by atoms with Crippen LogP contribution in [0.4, 0.5) is 13.2 Å². The van der Waals surface area contributed by atoms with Crippen molar-refractivity contribution in [2.45, 2.75) is 71.6 Å². The van der Waals surface area contributed by atoms with Crippen LogP contribution in [0, 0.1) is 17.2 Å². The van der Waals surface area contributed by atoms with E-state index in [-0.39, 0.29) is 16.9 Å². The highest BCUT2D eigenvalue weighted by atomic mass is 19.4. The molecule has 1 aliphatic heterocycles. The van der Waals surface area contributed by atoms with Gasteiger partial charge in [0, 0.05) is 25.2 Å². The van der Waals surface area contributed by atoms with Gasteiger partial charge in [-0.05, 0) is 62.1 Å². The summed E-state index contributed by atoms with van der Waals surface area (Å²) in [6, 6.07) is 5.08. The van der Waals surface area contributed by atoms with Crippen LogP contribution in [0.15, 0.2) is 48.1 Å². The second-order valence-corrected chi connectivity index (χ2v) is 8.72. The predicted molar refractivity (Wildman–Crippen MR) is 124 cm³/mol. The highest BCUT2D eigenvalue weighted by molar-refractivity contribution is 5.94. The molecule has 1 N–H and O–H groups in total. The van der Waals surface area contributed by atoms with Crippen LogP contribution >= 0.6 is 0 Å². The van der Waals surface area contributed by atoms with Crippen LogP contribution in [0.3, 0.4) is 0 Å². The molecule has 7 heteroatoms. The Bertz CT molecular complexity index is 845. The van der Waals surface area contributed by atoms with Crippen molar-refractivity contribution in [3.63, 3.8) is 0 Å². The van der Waals surface area contributed by atoms with Crippen LogP contribution in [0.5, 0.6) is 0 Å². The van der Waals surface area contributed by atoms with Crippen LogP contribution < -0.4 is 0 Å². The van der Waals surface area contributed by atoms with E-state index in [1.54, 1.807) is 4.90 Å². The SMILES string of the molecule is C#N.CC/C=C\C/C(=C\CC)C1(C)CCN(C(=O)c2ccc(C(C)(O)C(F)(F)F)cc2)CC1. The van der Waals surface area contributed by atoms with Crippen molar-refractivity contribution in [1.82, 2.24) is 4.90 Å². The molecule has 1 aromatic carbocycles. The lowest BCUT2D eigenvalue weighted by Gasteiger charge is -2.41. The number of rotatable bonds is 7. The van der Waals surface area contributed by atoms with Gasteiger partial charge in [0.05, 0.1) is 0 Å². The number of amides is 1. The first-order chi connectivity index (χ1) is 15.5. The molecule has 1 atom stereocenters. The molecule has 0 saturated carbocycles. The average molecular weight is 465 g/mol. The molecule has 0 radical (unpaired) electrons. The zero-order valence-electron chi connectivity index (χ0n) is 20.0. The van der Waals surface area contributed by atoms with Gasteiger partial charge in [0.1, 0.15) is 0 Å². The summed E-state index contributed by atoms with van der Waals surface area (Å²) in [7, 11) is 0. The first-order valence-corrected chi connectivity index (χ1v) is 11.3. The largest absolute Gasteiger partial charge is 0.421 e. The molecule has 2 rings (SSSR count). The van der Waals surface area contributed by atoms with E-state index in [9.17, 15) is 23.1 Å². The smallest absolute Gasteiger partial charge is 0.376 e. The van der Waals surface area contributed by atoms with E-state index in [1.165, 1.54) is 29.8 Å². The number of benzene rings is 1. The Kier molecular flexibility index (Phi) is 10.4. The summed E-state index contributed by atoms with van der Waals surface area (Å²) in [4.78, 5) is 14.7. The molecule has 0 aliphatic carbocycles. The van der Waals surface area contributed by atoms with Gasteiger partial charge in [-0.3, -0.25) is 4.79 Å². The van der Waals surface area contributed by atoms with Crippen molar-refractivity contribution in [3.8, 4) is 6.57 Å². The van der Waals surface area contributed by atoms with E-state index in [4.69, 9.17) is 5.26 Å². The molecule has 1 aliphatic rings. The minimum Gasteiger partial charge on any atom is -0.376 e. The molecule has 1 aromatic rings. The zero-order valence-corrected chi connectivity index (χ0v) is 20.0. The highest BCUT2D eigenvalue weighted by Crippen LogP contribution is 2.41. The molecule has 4 nitrogen and oxygen atoms in total. The van der Waals surface area contributed by atoms with Gasteiger partial charge in [0.2, 0.25) is 0 Å². The van der Waals surface area contributed by atoms with Gasteiger partial charge in [-0.2, -0.15) is 13.2 Å². The quantitative estimate of drug-likeness (QED) is 0.467. The summed E-state index contributed by atoms with van der Waals surface area (Å²) in [6.45, 7) is 11.9. The molecule has 1 fully saturated rings. The monoisotopic (exact) mass is 464 g/mol. The Morgan fingerprint density at radius 2 is 1.67 bits per heavy atom. The Morgan fingerprint density at radius 3 is 2.12 bits per heavy atom. The van der Waals surface area contributed by atoms with Gasteiger partial charge < -0.3 is 10.0 Å². The lowest BCUT2D eigenvalue weighted by molar-refractivity contribution is -0.258. The third kappa shape index (κ3) is 6.94. The van der Waals surface area contributed by atoms with Crippen LogP contribution in [0.1, 0.15) is 75.7 Å². The number of hydrogen-bond acceptors (Lipinski definition) is 3. The molecule has 1 saturated heterocycles. The van der Waals surface area contributed by atoms with Crippen LogP contribution in [0.25, 0.3) is 0 Å². The number of nitrogens with zero attached hydrogens (tertiary/aromatic N) is 2. The fraction of sp³-hybridized carbons (Fsp3) is 0.538.